The summed E-state index contributed by atoms with van der Waals surface area (Å²) in [5.41, 5.74) is 16.6. The van der Waals surface area contributed by atoms with Gasteiger partial charge in [-0.2, -0.15) is 0 Å². The molecule has 0 aliphatic carbocycles. The predicted molar refractivity (Wildman–Crippen MR) is 268 cm³/mol. The van der Waals surface area contributed by atoms with Gasteiger partial charge in [-0.1, -0.05) is 188 Å². The Balaban J connectivity index is 1.13. The first kappa shape index (κ1) is 36.8. The Bertz CT molecular complexity index is 3620. The van der Waals surface area contributed by atoms with Crippen LogP contribution in [0.5, 0.6) is 0 Å². The minimum atomic E-state index is 0.874. The van der Waals surface area contributed by atoms with Crippen LogP contribution >= 0.6 is 11.3 Å². The average Bonchev–Trinajstić information content (AvgIpc) is 3.94. The SMILES string of the molecule is c1ccc(-c2cccc(-c3c(-c4cccc5oc6ccccc6c45)cccc3N(c3ccc(-c4cccc5c4sc4ccccc45)cc3)c3ccccc3-c3ccccc3)c2)cc1. The molecule has 2 heterocycles. The maximum atomic E-state index is 6.50. The summed E-state index contributed by atoms with van der Waals surface area (Å²) in [5, 5.41) is 4.83. The molecule has 2 aromatic heterocycles. The highest BCUT2D eigenvalue weighted by molar-refractivity contribution is 7.26. The van der Waals surface area contributed by atoms with Gasteiger partial charge < -0.3 is 9.32 Å². The minimum absolute atomic E-state index is 0.874. The van der Waals surface area contributed by atoms with Crippen molar-refractivity contribution in [3.8, 4) is 55.6 Å². The third-order valence-electron chi connectivity index (χ3n) is 12.3. The fourth-order valence-electron chi connectivity index (χ4n) is 9.44. The van der Waals surface area contributed by atoms with E-state index in [-0.39, 0.29) is 0 Å². The van der Waals surface area contributed by atoms with Gasteiger partial charge in [-0.25, -0.2) is 0 Å². The summed E-state index contributed by atoms with van der Waals surface area (Å²) in [6, 6.07) is 85.5. The zero-order valence-corrected chi connectivity index (χ0v) is 35.1. The van der Waals surface area contributed by atoms with Crippen LogP contribution in [0.4, 0.5) is 17.1 Å². The molecule has 0 aliphatic heterocycles. The van der Waals surface area contributed by atoms with E-state index in [1.807, 2.05) is 17.4 Å². The summed E-state index contributed by atoms with van der Waals surface area (Å²) in [6.45, 7) is 0. The molecular weight excluding hydrogens is 783 g/mol. The lowest BCUT2D eigenvalue weighted by Gasteiger charge is -2.31. The second kappa shape index (κ2) is 15.5. The van der Waals surface area contributed by atoms with Gasteiger partial charge in [0.15, 0.2) is 0 Å². The lowest BCUT2D eigenvalue weighted by atomic mass is 9.88. The van der Waals surface area contributed by atoms with Crippen LogP contribution in [0.2, 0.25) is 0 Å². The highest BCUT2D eigenvalue weighted by atomic mass is 32.1. The first-order valence-corrected chi connectivity index (χ1v) is 22.2. The first-order valence-electron chi connectivity index (χ1n) is 21.4. The highest BCUT2D eigenvalue weighted by Crippen LogP contribution is 2.50. The second-order valence-electron chi connectivity index (χ2n) is 16.0. The van der Waals surface area contributed by atoms with Gasteiger partial charge in [-0.3, -0.25) is 0 Å². The highest BCUT2D eigenvalue weighted by Gasteiger charge is 2.25. The third-order valence-corrected chi connectivity index (χ3v) is 13.5. The van der Waals surface area contributed by atoms with Crippen molar-refractivity contribution in [1.82, 2.24) is 0 Å². The summed E-state index contributed by atoms with van der Waals surface area (Å²) in [4.78, 5) is 2.47. The fraction of sp³-hybridized carbons (Fsp3) is 0. The molecule has 0 atom stereocenters. The summed E-state index contributed by atoms with van der Waals surface area (Å²) in [5.74, 6) is 0. The number of anilines is 3. The van der Waals surface area contributed by atoms with E-state index in [4.69, 9.17) is 4.42 Å². The van der Waals surface area contributed by atoms with E-state index in [9.17, 15) is 0 Å². The van der Waals surface area contributed by atoms with Crippen LogP contribution in [-0.4, -0.2) is 0 Å². The van der Waals surface area contributed by atoms with Crippen LogP contribution in [-0.2, 0) is 0 Å². The molecule has 12 rings (SSSR count). The topological polar surface area (TPSA) is 16.4 Å². The molecule has 12 aromatic rings. The Labute approximate surface area is 370 Å². The average molecular weight is 822 g/mol. The van der Waals surface area contributed by atoms with E-state index in [1.165, 1.54) is 36.9 Å². The van der Waals surface area contributed by atoms with Crippen molar-refractivity contribution in [3.05, 3.63) is 237 Å². The summed E-state index contributed by atoms with van der Waals surface area (Å²) in [7, 11) is 0. The van der Waals surface area contributed by atoms with Crippen molar-refractivity contribution in [3.63, 3.8) is 0 Å². The molecule has 0 bridgehead atoms. The van der Waals surface area contributed by atoms with Gasteiger partial charge in [0.1, 0.15) is 11.2 Å². The number of thiophene rings is 1. The van der Waals surface area contributed by atoms with Crippen LogP contribution in [0, 0.1) is 0 Å². The summed E-state index contributed by atoms with van der Waals surface area (Å²) < 4.78 is 9.12. The van der Waals surface area contributed by atoms with E-state index in [1.54, 1.807) is 0 Å². The van der Waals surface area contributed by atoms with Gasteiger partial charge in [0.05, 0.1) is 11.4 Å². The van der Waals surface area contributed by atoms with Crippen LogP contribution < -0.4 is 4.90 Å². The molecule has 2 nitrogen and oxygen atoms in total. The number of nitrogens with zero attached hydrogens (tertiary/aromatic N) is 1. The normalized spacial score (nSPS) is 11.5. The molecule has 63 heavy (non-hydrogen) atoms. The molecule has 0 amide bonds. The van der Waals surface area contributed by atoms with E-state index in [0.717, 1.165) is 77.9 Å². The lowest BCUT2D eigenvalue weighted by Crippen LogP contribution is -2.13. The maximum Gasteiger partial charge on any atom is 0.136 e. The number of hydrogen-bond acceptors (Lipinski definition) is 3. The van der Waals surface area contributed by atoms with Gasteiger partial charge in [0, 0.05) is 47.8 Å². The van der Waals surface area contributed by atoms with E-state index >= 15 is 0 Å². The van der Waals surface area contributed by atoms with Gasteiger partial charge in [-0.05, 0) is 93.0 Å². The molecule has 296 valence electrons. The minimum Gasteiger partial charge on any atom is -0.456 e. The van der Waals surface area contributed by atoms with Crippen LogP contribution in [0.15, 0.2) is 241 Å². The van der Waals surface area contributed by atoms with E-state index < -0.39 is 0 Å². The van der Waals surface area contributed by atoms with Crippen molar-refractivity contribution in [2.24, 2.45) is 0 Å². The number of benzene rings is 10. The molecule has 10 aromatic carbocycles. The number of rotatable bonds is 8. The van der Waals surface area contributed by atoms with Gasteiger partial charge in [-0.15, -0.1) is 11.3 Å². The molecule has 0 saturated carbocycles. The van der Waals surface area contributed by atoms with Gasteiger partial charge >= 0.3 is 0 Å². The maximum absolute atomic E-state index is 6.50. The molecule has 0 radical (unpaired) electrons. The predicted octanol–water partition coefficient (Wildman–Crippen LogP) is 17.8. The molecule has 3 heteroatoms. The molecule has 0 spiro atoms. The molecular formula is C60H39NOS. The number of furan rings is 1. The molecule has 0 aliphatic rings. The largest absolute Gasteiger partial charge is 0.456 e. The van der Waals surface area contributed by atoms with Gasteiger partial charge in [0.25, 0.3) is 0 Å². The van der Waals surface area contributed by atoms with Crippen molar-refractivity contribution < 1.29 is 4.42 Å². The van der Waals surface area contributed by atoms with Crippen LogP contribution in [0.1, 0.15) is 0 Å². The van der Waals surface area contributed by atoms with Crippen molar-refractivity contribution in [2.45, 2.75) is 0 Å². The fourth-order valence-corrected chi connectivity index (χ4v) is 10.7. The lowest BCUT2D eigenvalue weighted by molar-refractivity contribution is 0.669. The standard InChI is InChI=1S/C60H39NOS/c1-3-17-40(18-4-1)43-21-13-22-44(39-43)58-49(50-28-16-33-56-59(50)52-25-8-11-32-55(52)62-56)27-15-31-54(58)61(53-30-10-7-23-46(53)41-19-5-2-6-20-41)45-37-35-42(36-38-45)47-26-14-29-51-48-24-9-12-34-57(48)63-60(47)51/h1-39H. The smallest absolute Gasteiger partial charge is 0.136 e. The Morgan fingerprint density at radius 2 is 0.889 bits per heavy atom. The van der Waals surface area contributed by atoms with Crippen molar-refractivity contribution in [2.75, 3.05) is 4.90 Å². The summed E-state index contributed by atoms with van der Waals surface area (Å²) >= 11 is 1.87. The van der Waals surface area contributed by atoms with Crippen molar-refractivity contribution >= 4 is 70.5 Å². The van der Waals surface area contributed by atoms with Crippen molar-refractivity contribution in [1.29, 1.82) is 0 Å². The first-order chi connectivity index (χ1) is 31.3. The number of para-hydroxylation sites is 2. The van der Waals surface area contributed by atoms with Crippen LogP contribution in [0.25, 0.3) is 97.7 Å². The Hall–Kier alpha value is -7.98. The quantitative estimate of drug-likeness (QED) is 0.152. The zero-order valence-electron chi connectivity index (χ0n) is 34.3. The molecule has 0 saturated heterocycles. The monoisotopic (exact) mass is 821 g/mol. The third kappa shape index (κ3) is 6.41. The second-order valence-corrected chi connectivity index (χ2v) is 17.0. The molecule has 0 fully saturated rings. The Morgan fingerprint density at radius 1 is 0.333 bits per heavy atom. The van der Waals surface area contributed by atoms with Crippen LogP contribution in [0.3, 0.4) is 0 Å². The molecule has 0 unspecified atom stereocenters. The number of fused-ring (bicyclic) bond motifs is 6. The summed E-state index contributed by atoms with van der Waals surface area (Å²) in [6.07, 6.45) is 0. The molecule has 0 N–H and O–H groups in total. The van der Waals surface area contributed by atoms with Gasteiger partial charge in [0.2, 0.25) is 0 Å². The Kier molecular flexibility index (Phi) is 9.06. The number of hydrogen-bond donors (Lipinski definition) is 0. The van der Waals surface area contributed by atoms with E-state index in [0.29, 0.717) is 0 Å². The van der Waals surface area contributed by atoms with E-state index in [2.05, 4.69) is 235 Å². The zero-order chi connectivity index (χ0) is 41.7. The Morgan fingerprint density at radius 3 is 1.75 bits per heavy atom.